The standard InChI is InChI=1S/C12H17ClN4O3S/c13-10-1-4-15-7-11(10)21(19,20)16-9-2-5-17(6-3-9)8-12(14)18/h1,4,7,9,16H,2-3,5-6,8H2,(H2,14,18). The molecule has 1 fully saturated rings. The third-order valence-electron chi connectivity index (χ3n) is 3.31. The van der Waals surface area contributed by atoms with E-state index in [0.717, 1.165) is 0 Å². The van der Waals surface area contributed by atoms with Crippen LogP contribution in [-0.2, 0) is 14.8 Å². The maximum atomic E-state index is 12.3. The van der Waals surface area contributed by atoms with Gasteiger partial charge in [0.2, 0.25) is 15.9 Å². The summed E-state index contributed by atoms with van der Waals surface area (Å²) in [7, 11) is -3.69. The molecule has 9 heteroatoms. The van der Waals surface area contributed by atoms with Crippen LogP contribution in [0.1, 0.15) is 12.8 Å². The van der Waals surface area contributed by atoms with Gasteiger partial charge in [-0.3, -0.25) is 14.7 Å². The number of sulfonamides is 1. The molecule has 2 heterocycles. The first kappa shape index (κ1) is 16.2. The second-order valence-electron chi connectivity index (χ2n) is 4.94. The first-order valence-electron chi connectivity index (χ1n) is 6.51. The van der Waals surface area contributed by atoms with Crippen molar-refractivity contribution in [3.05, 3.63) is 23.5 Å². The number of carbonyl (C=O) groups excluding carboxylic acids is 1. The molecule has 1 amide bonds. The van der Waals surface area contributed by atoms with Crippen LogP contribution in [0.15, 0.2) is 23.4 Å². The molecule has 0 aliphatic carbocycles. The summed E-state index contributed by atoms with van der Waals surface area (Å²) in [5, 5.41) is 0.142. The van der Waals surface area contributed by atoms with Gasteiger partial charge in [-0.25, -0.2) is 13.1 Å². The minimum atomic E-state index is -3.69. The van der Waals surface area contributed by atoms with Gasteiger partial charge < -0.3 is 5.73 Å². The lowest BCUT2D eigenvalue weighted by atomic mass is 10.1. The Morgan fingerprint density at radius 2 is 2.14 bits per heavy atom. The van der Waals surface area contributed by atoms with Crippen LogP contribution in [0.3, 0.4) is 0 Å². The molecule has 0 unspecified atom stereocenters. The number of rotatable bonds is 5. The van der Waals surface area contributed by atoms with Crippen LogP contribution in [0.5, 0.6) is 0 Å². The average molecular weight is 333 g/mol. The van der Waals surface area contributed by atoms with Crippen molar-refractivity contribution in [3.63, 3.8) is 0 Å². The molecule has 0 spiro atoms. The monoisotopic (exact) mass is 332 g/mol. The second-order valence-corrected chi connectivity index (χ2v) is 7.03. The number of likely N-dealkylation sites (tertiary alicyclic amines) is 1. The molecule has 7 nitrogen and oxygen atoms in total. The van der Waals surface area contributed by atoms with E-state index in [1.807, 2.05) is 4.90 Å². The topological polar surface area (TPSA) is 105 Å². The Labute approximate surface area is 128 Å². The van der Waals surface area contributed by atoms with E-state index in [2.05, 4.69) is 9.71 Å². The number of pyridine rings is 1. The Morgan fingerprint density at radius 3 is 2.71 bits per heavy atom. The van der Waals surface area contributed by atoms with Crippen molar-refractivity contribution in [2.24, 2.45) is 5.73 Å². The molecule has 3 N–H and O–H groups in total. The van der Waals surface area contributed by atoms with Crippen molar-refractivity contribution in [2.45, 2.75) is 23.8 Å². The number of halogens is 1. The number of nitrogens with zero attached hydrogens (tertiary/aromatic N) is 2. The molecular formula is C12H17ClN4O3S. The van der Waals surface area contributed by atoms with E-state index in [4.69, 9.17) is 17.3 Å². The van der Waals surface area contributed by atoms with Crippen molar-refractivity contribution in [3.8, 4) is 0 Å². The first-order valence-corrected chi connectivity index (χ1v) is 8.37. The van der Waals surface area contributed by atoms with Crippen LogP contribution in [0.25, 0.3) is 0 Å². The van der Waals surface area contributed by atoms with Gasteiger partial charge in [-0.2, -0.15) is 0 Å². The predicted octanol–water partition coefficient (Wildman–Crippen LogP) is -0.0370. The average Bonchev–Trinajstić information content (AvgIpc) is 2.40. The van der Waals surface area contributed by atoms with Crippen LogP contribution in [0.2, 0.25) is 5.02 Å². The number of nitrogens with two attached hydrogens (primary N) is 1. The van der Waals surface area contributed by atoms with E-state index >= 15 is 0 Å². The molecule has 0 radical (unpaired) electrons. The minimum absolute atomic E-state index is 0.0220. The Kier molecular flexibility index (Phi) is 5.15. The Bertz CT molecular complexity index is 615. The van der Waals surface area contributed by atoms with Crippen LogP contribution in [0.4, 0.5) is 0 Å². The number of amides is 1. The van der Waals surface area contributed by atoms with Crippen LogP contribution in [0, 0.1) is 0 Å². The lowest BCUT2D eigenvalue weighted by Crippen LogP contribution is -2.46. The smallest absolute Gasteiger partial charge is 0.243 e. The van der Waals surface area contributed by atoms with Crippen LogP contribution < -0.4 is 10.5 Å². The molecule has 1 saturated heterocycles. The van der Waals surface area contributed by atoms with Crippen molar-refractivity contribution in [1.29, 1.82) is 0 Å². The highest BCUT2D eigenvalue weighted by atomic mass is 35.5. The van der Waals surface area contributed by atoms with E-state index in [9.17, 15) is 13.2 Å². The molecule has 1 aliphatic heterocycles. The maximum absolute atomic E-state index is 12.3. The Balaban J connectivity index is 1.97. The van der Waals surface area contributed by atoms with E-state index in [1.165, 1.54) is 18.5 Å². The number of primary amides is 1. The number of aromatic nitrogens is 1. The summed E-state index contributed by atoms with van der Waals surface area (Å²) in [6, 6.07) is 1.25. The molecule has 116 valence electrons. The first-order chi connectivity index (χ1) is 9.88. The summed E-state index contributed by atoms with van der Waals surface area (Å²) >= 11 is 5.89. The molecule has 2 rings (SSSR count). The van der Waals surface area contributed by atoms with E-state index in [-0.39, 0.29) is 28.4 Å². The highest BCUT2D eigenvalue weighted by Crippen LogP contribution is 2.21. The molecule has 1 aromatic heterocycles. The highest BCUT2D eigenvalue weighted by molar-refractivity contribution is 7.89. The molecule has 0 aromatic carbocycles. The molecule has 21 heavy (non-hydrogen) atoms. The molecular weight excluding hydrogens is 316 g/mol. The zero-order valence-electron chi connectivity index (χ0n) is 11.3. The predicted molar refractivity (Wildman–Crippen MR) is 78.2 cm³/mol. The molecule has 0 saturated carbocycles. The third kappa shape index (κ3) is 4.37. The zero-order valence-corrected chi connectivity index (χ0v) is 12.9. The second kappa shape index (κ2) is 6.69. The lowest BCUT2D eigenvalue weighted by Gasteiger charge is -2.31. The normalized spacial score (nSPS) is 17.8. The number of piperidine rings is 1. The number of nitrogens with one attached hydrogen (secondary N) is 1. The largest absolute Gasteiger partial charge is 0.369 e. The Morgan fingerprint density at radius 1 is 1.48 bits per heavy atom. The maximum Gasteiger partial charge on any atom is 0.243 e. The van der Waals surface area contributed by atoms with Crippen molar-refractivity contribution in [2.75, 3.05) is 19.6 Å². The Hall–Kier alpha value is -1.22. The molecule has 0 atom stereocenters. The SMILES string of the molecule is NC(=O)CN1CCC(NS(=O)(=O)c2cnccc2Cl)CC1. The number of carbonyl (C=O) groups is 1. The summed E-state index contributed by atoms with van der Waals surface area (Å²) in [6.07, 6.45) is 3.89. The van der Waals surface area contributed by atoms with Gasteiger partial charge in [-0.05, 0) is 18.9 Å². The third-order valence-corrected chi connectivity index (χ3v) is 5.30. The van der Waals surface area contributed by atoms with E-state index < -0.39 is 10.0 Å². The van der Waals surface area contributed by atoms with Gasteiger partial charge in [0.25, 0.3) is 0 Å². The van der Waals surface area contributed by atoms with Crippen molar-refractivity contribution < 1.29 is 13.2 Å². The lowest BCUT2D eigenvalue weighted by molar-refractivity contribution is -0.119. The van der Waals surface area contributed by atoms with Crippen molar-refractivity contribution >= 4 is 27.5 Å². The van der Waals surface area contributed by atoms with Gasteiger partial charge in [-0.15, -0.1) is 0 Å². The van der Waals surface area contributed by atoms with Crippen LogP contribution in [-0.4, -0.2) is 49.9 Å². The minimum Gasteiger partial charge on any atom is -0.369 e. The summed E-state index contributed by atoms with van der Waals surface area (Å²) in [5.41, 5.74) is 5.14. The van der Waals surface area contributed by atoms with Gasteiger partial charge in [-0.1, -0.05) is 11.6 Å². The van der Waals surface area contributed by atoms with Gasteiger partial charge in [0.15, 0.2) is 0 Å². The summed E-state index contributed by atoms with van der Waals surface area (Å²) in [6.45, 7) is 1.45. The fourth-order valence-corrected chi connectivity index (χ4v) is 4.01. The van der Waals surface area contributed by atoms with Gasteiger partial charge in [0.1, 0.15) is 4.90 Å². The van der Waals surface area contributed by atoms with Crippen LogP contribution >= 0.6 is 11.6 Å². The fraction of sp³-hybridized carbons (Fsp3) is 0.500. The summed E-state index contributed by atoms with van der Waals surface area (Å²) < 4.78 is 27.1. The van der Waals surface area contributed by atoms with Gasteiger partial charge in [0, 0.05) is 31.5 Å². The van der Waals surface area contributed by atoms with E-state index in [0.29, 0.717) is 25.9 Å². The zero-order chi connectivity index (χ0) is 15.5. The summed E-state index contributed by atoms with van der Waals surface area (Å²) in [5.74, 6) is -0.379. The summed E-state index contributed by atoms with van der Waals surface area (Å²) in [4.78, 5) is 16.5. The quantitative estimate of drug-likeness (QED) is 0.787. The van der Waals surface area contributed by atoms with Gasteiger partial charge >= 0.3 is 0 Å². The van der Waals surface area contributed by atoms with E-state index in [1.54, 1.807) is 0 Å². The molecule has 0 bridgehead atoms. The fourth-order valence-electron chi connectivity index (χ4n) is 2.27. The van der Waals surface area contributed by atoms with Crippen molar-refractivity contribution in [1.82, 2.24) is 14.6 Å². The highest BCUT2D eigenvalue weighted by Gasteiger charge is 2.26. The number of hydrogen-bond donors (Lipinski definition) is 2. The number of hydrogen-bond acceptors (Lipinski definition) is 5. The molecule has 1 aromatic rings. The molecule has 1 aliphatic rings. The van der Waals surface area contributed by atoms with Gasteiger partial charge in [0.05, 0.1) is 11.6 Å².